The number of imidazole rings is 1. The van der Waals surface area contributed by atoms with Crippen molar-refractivity contribution >= 4 is 51.0 Å². The van der Waals surface area contributed by atoms with Gasteiger partial charge in [-0.15, -0.1) is 11.3 Å². The maximum Gasteiger partial charge on any atom is 0.252 e. The van der Waals surface area contributed by atoms with Gasteiger partial charge in [0.15, 0.2) is 5.78 Å². The zero-order chi connectivity index (χ0) is 29.7. The highest BCUT2D eigenvalue weighted by Gasteiger charge is 2.44. The summed E-state index contributed by atoms with van der Waals surface area (Å²) in [6.07, 6.45) is 12.4. The standard InChI is InChI=1S/C36H38N4O2S/c1-23(41)12-13-25-14-16-29-31(21-25)39(3)35(37-29)36(18-8-19-36)38-34(42)26-15-17-30-28(22-26)24(2)33(32-11-7-20-43-32)40(30)27-9-5-4-6-10-27/h7,11-17,20-22,27H,4-6,8-10,18-19H2,1-3H3,(H,38,42)/b13-12+. The molecule has 1 N–H and O–H groups in total. The van der Waals surface area contributed by atoms with E-state index in [1.165, 1.54) is 53.8 Å². The van der Waals surface area contributed by atoms with Gasteiger partial charge in [-0.25, -0.2) is 4.98 Å². The van der Waals surface area contributed by atoms with Crippen LogP contribution in [0.3, 0.4) is 0 Å². The molecular weight excluding hydrogens is 552 g/mol. The fourth-order valence-electron chi connectivity index (χ4n) is 7.23. The Morgan fingerprint density at radius 3 is 2.53 bits per heavy atom. The number of carbonyl (C=O) groups excluding carboxylic acids is 2. The van der Waals surface area contributed by atoms with E-state index >= 15 is 0 Å². The first kappa shape index (κ1) is 27.8. The quantitative estimate of drug-likeness (QED) is 0.193. The van der Waals surface area contributed by atoms with Crippen molar-refractivity contribution in [3.63, 3.8) is 0 Å². The number of hydrogen-bond acceptors (Lipinski definition) is 4. The highest BCUT2D eigenvalue weighted by Crippen LogP contribution is 2.44. The van der Waals surface area contributed by atoms with Crippen molar-refractivity contribution in [1.82, 2.24) is 19.4 Å². The Balaban J connectivity index is 1.24. The Morgan fingerprint density at radius 2 is 1.84 bits per heavy atom. The van der Waals surface area contributed by atoms with Crippen LogP contribution in [0, 0.1) is 6.92 Å². The number of ketones is 1. The lowest BCUT2D eigenvalue weighted by atomic mass is 9.75. The molecule has 3 aromatic heterocycles. The molecular formula is C36H38N4O2S. The third-order valence-corrected chi connectivity index (χ3v) is 10.5. The van der Waals surface area contributed by atoms with E-state index in [9.17, 15) is 9.59 Å². The second-order valence-electron chi connectivity index (χ2n) is 12.4. The first-order chi connectivity index (χ1) is 20.8. The van der Waals surface area contributed by atoms with Gasteiger partial charge in [0.05, 0.1) is 27.1 Å². The molecule has 2 aliphatic rings. The van der Waals surface area contributed by atoms with E-state index in [1.807, 2.05) is 31.3 Å². The van der Waals surface area contributed by atoms with E-state index in [-0.39, 0.29) is 11.7 Å². The highest BCUT2D eigenvalue weighted by molar-refractivity contribution is 7.13. The Labute approximate surface area is 256 Å². The Hall–Kier alpha value is -3.97. The first-order valence-electron chi connectivity index (χ1n) is 15.5. The van der Waals surface area contributed by atoms with Crippen molar-refractivity contribution < 1.29 is 9.59 Å². The molecule has 5 aromatic rings. The van der Waals surface area contributed by atoms with Crippen LogP contribution in [0.5, 0.6) is 0 Å². The summed E-state index contributed by atoms with van der Waals surface area (Å²) in [5.41, 5.74) is 6.81. The number of carbonyl (C=O) groups is 2. The van der Waals surface area contributed by atoms with Gasteiger partial charge in [-0.3, -0.25) is 9.59 Å². The number of nitrogens with zero attached hydrogens (tertiary/aromatic N) is 3. The van der Waals surface area contributed by atoms with Crippen LogP contribution in [0.2, 0.25) is 0 Å². The van der Waals surface area contributed by atoms with Gasteiger partial charge in [0, 0.05) is 29.6 Å². The van der Waals surface area contributed by atoms with Gasteiger partial charge in [0.25, 0.3) is 5.91 Å². The smallest absolute Gasteiger partial charge is 0.252 e. The predicted molar refractivity (Wildman–Crippen MR) is 176 cm³/mol. The largest absolute Gasteiger partial charge is 0.339 e. The van der Waals surface area contributed by atoms with E-state index in [1.54, 1.807) is 24.3 Å². The third-order valence-electron chi connectivity index (χ3n) is 9.62. The molecule has 2 saturated carbocycles. The van der Waals surface area contributed by atoms with E-state index in [0.717, 1.165) is 47.1 Å². The number of nitrogens with one attached hydrogen (secondary N) is 1. The highest BCUT2D eigenvalue weighted by atomic mass is 32.1. The molecule has 0 aliphatic heterocycles. The minimum atomic E-state index is -0.500. The number of fused-ring (bicyclic) bond motifs is 2. The van der Waals surface area contributed by atoms with Crippen LogP contribution < -0.4 is 5.32 Å². The summed E-state index contributed by atoms with van der Waals surface area (Å²) >= 11 is 1.79. The normalized spacial score (nSPS) is 17.1. The number of thiophene rings is 1. The van der Waals surface area contributed by atoms with Crippen molar-refractivity contribution in [3.8, 4) is 10.6 Å². The molecule has 0 atom stereocenters. The van der Waals surface area contributed by atoms with Crippen LogP contribution in [0.4, 0.5) is 0 Å². The number of hydrogen-bond donors (Lipinski definition) is 1. The van der Waals surface area contributed by atoms with E-state index < -0.39 is 5.54 Å². The van der Waals surface area contributed by atoms with E-state index in [4.69, 9.17) is 4.98 Å². The molecule has 6 nitrogen and oxygen atoms in total. The number of aromatic nitrogens is 3. The van der Waals surface area contributed by atoms with Crippen LogP contribution in [-0.4, -0.2) is 25.8 Å². The van der Waals surface area contributed by atoms with Gasteiger partial charge in [0.1, 0.15) is 5.82 Å². The number of aryl methyl sites for hydroxylation is 2. The molecule has 3 heterocycles. The van der Waals surface area contributed by atoms with Gasteiger partial charge in [0.2, 0.25) is 0 Å². The molecule has 0 bridgehead atoms. The van der Waals surface area contributed by atoms with Crippen molar-refractivity contribution in [3.05, 3.63) is 82.5 Å². The second-order valence-corrected chi connectivity index (χ2v) is 13.4. The molecule has 43 heavy (non-hydrogen) atoms. The molecule has 2 aromatic carbocycles. The SMILES string of the molecule is CC(=O)/C=C/c1ccc2nc(C3(NC(=O)c4ccc5c(c4)c(C)c(-c4cccs4)n5C4CCCCC4)CCC3)n(C)c2c1. The lowest BCUT2D eigenvalue weighted by Gasteiger charge is -2.41. The summed E-state index contributed by atoms with van der Waals surface area (Å²) in [5, 5.41) is 6.75. The molecule has 2 fully saturated rings. The fraction of sp³-hybridized carbons (Fsp3) is 0.361. The maximum absolute atomic E-state index is 13.9. The van der Waals surface area contributed by atoms with E-state index in [2.05, 4.69) is 57.1 Å². The molecule has 220 valence electrons. The fourth-order valence-corrected chi connectivity index (χ4v) is 8.05. The van der Waals surface area contributed by atoms with E-state index in [0.29, 0.717) is 11.6 Å². The van der Waals surface area contributed by atoms with Crippen LogP contribution >= 0.6 is 11.3 Å². The van der Waals surface area contributed by atoms with Gasteiger partial charge in [-0.2, -0.15) is 0 Å². The minimum Gasteiger partial charge on any atom is -0.339 e. The monoisotopic (exact) mass is 590 g/mol. The average molecular weight is 591 g/mol. The second kappa shape index (κ2) is 10.9. The Bertz CT molecular complexity index is 1880. The average Bonchev–Trinajstić information content (AvgIpc) is 3.71. The van der Waals surface area contributed by atoms with Crippen LogP contribution in [0.1, 0.15) is 91.6 Å². The van der Waals surface area contributed by atoms with Crippen LogP contribution in [-0.2, 0) is 17.4 Å². The minimum absolute atomic E-state index is 0.0172. The molecule has 0 saturated heterocycles. The maximum atomic E-state index is 13.9. The van der Waals surface area contributed by atoms with Gasteiger partial charge >= 0.3 is 0 Å². The molecule has 0 spiro atoms. The lowest BCUT2D eigenvalue weighted by molar-refractivity contribution is -0.112. The summed E-state index contributed by atoms with van der Waals surface area (Å²) in [4.78, 5) is 31.7. The van der Waals surface area contributed by atoms with Gasteiger partial charge in [-0.05, 0) is 105 Å². The first-order valence-corrected chi connectivity index (χ1v) is 16.4. The molecule has 0 radical (unpaired) electrons. The summed E-state index contributed by atoms with van der Waals surface area (Å²) in [6, 6.07) is 17.1. The molecule has 1 amide bonds. The van der Waals surface area contributed by atoms with Crippen LogP contribution in [0.15, 0.2) is 60.0 Å². The topological polar surface area (TPSA) is 68.9 Å². The van der Waals surface area contributed by atoms with Crippen molar-refractivity contribution in [1.29, 1.82) is 0 Å². The van der Waals surface area contributed by atoms with Crippen molar-refractivity contribution in [2.24, 2.45) is 7.05 Å². The summed E-state index contributed by atoms with van der Waals surface area (Å²) < 4.78 is 4.68. The number of amides is 1. The molecule has 7 heteroatoms. The zero-order valence-corrected chi connectivity index (χ0v) is 26.0. The Kier molecular flexibility index (Phi) is 7.08. The summed E-state index contributed by atoms with van der Waals surface area (Å²) in [7, 11) is 2.02. The number of allylic oxidation sites excluding steroid dienone is 1. The number of benzene rings is 2. The van der Waals surface area contributed by atoms with Gasteiger partial charge in [-0.1, -0.05) is 37.5 Å². The third kappa shape index (κ3) is 4.84. The van der Waals surface area contributed by atoms with Crippen LogP contribution in [0.25, 0.3) is 38.6 Å². The summed E-state index contributed by atoms with van der Waals surface area (Å²) in [5.74, 6) is 0.848. The van der Waals surface area contributed by atoms with Crippen molar-refractivity contribution in [2.75, 3.05) is 0 Å². The van der Waals surface area contributed by atoms with Gasteiger partial charge < -0.3 is 14.5 Å². The zero-order valence-electron chi connectivity index (χ0n) is 25.2. The molecule has 2 aliphatic carbocycles. The predicted octanol–water partition coefficient (Wildman–Crippen LogP) is 8.48. The summed E-state index contributed by atoms with van der Waals surface area (Å²) in [6.45, 7) is 3.76. The molecule has 7 rings (SSSR count). The molecule has 0 unspecified atom stereocenters. The van der Waals surface area contributed by atoms with Crippen molar-refractivity contribution in [2.45, 2.75) is 76.8 Å². The Morgan fingerprint density at radius 1 is 1.02 bits per heavy atom. The lowest BCUT2D eigenvalue weighted by Crippen LogP contribution is -2.52. The number of rotatable bonds is 7.